The van der Waals surface area contributed by atoms with Crippen molar-refractivity contribution in [1.82, 2.24) is 4.98 Å². The van der Waals surface area contributed by atoms with E-state index >= 15 is 0 Å². The number of hydrogen-bond acceptors (Lipinski definition) is 4. The van der Waals surface area contributed by atoms with Crippen LogP contribution in [0.15, 0.2) is 36.5 Å². The van der Waals surface area contributed by atoms with E-state index in [2.05, 4.69) is 40.4 Å². The van der Waals surface area contributed by atoms with Crippen molar-refractivity contribution in [1.29, 1.82) is 0 Å². The third kappa shape index (κ3) is 2.38. The molecule has 1 fully saturated rings. The number of nitrogens with zero attached hydrogens (tertiary/aromatic N) is 2. The minimum atomic E-state index is 0.277. The SMILES string of the molecule is CSC1(CN)CCN(c2ccnc3ccccc23)CC1. The monoisotopic (exact) mass is 287 g/mol. The van der Waals surface area contributed by atoms with Crippen LogP contribution in [0.5, 0.6) is 0 Å². The fourth-order valence-corrected chi connectivity index (χ4v) is 3.76. The molecular formula is C16H21N3S. The van der Waals surface area contributed by atoms with Crippen LogP contribution in [0.1, 0.15) is 12.8 Å². The van der Waals surface area contributed by atoms with Crippen LogP contribution >= 0.6 is 11.8 Å². The minimum absolute atomic E-state index is 0.277. The molecule has 1 aromatic heterocycles. The lowest BCUT2D eigenvalue weighted by Gasteiger charge is -2.41. The Kier molecular flexibility index (Phi) is 3.85. The summed E-state index contributed by atoms with van der Waals surface area (Å²) in [5.74, 6) is 0. The summed E-state index contributed by atoms with van der Waals surface area (Å²) in [4.78, 5) is 6.93. The Labute approximate surface area is 124 Å². The largest absolute Gasteiger partial charge is 0.371 e. The zero-order chi connectivity index (χ0) is 14.0. The van der Waals surface area contributed by atoms with Crippen molar-refractivity contribution in [3.8, 4) is 0 Å². The Hall–Kier alpha value is -1.26. The van der Waals surface area contributed by atoms with E-state index in [0.717, 1.165) is 38.0 Å². The molecule has 4 heteroatoms. The molecule has 20 heavy (non-hydrogen) atoms. The Morgan fingerprint density at radius 3 is 2.70 bits per heavy atom. The van der Waals surface area contributed by atoms with Gasteiger partial charge in [-0.15, -0.1) is 0 Å². The molecule has 0 radical (unpaired) electrons. The molecule has 0 unspecified atom stereocenters. The number of thioether (sulfide) groups is 1. The zero-order valence-corrected chi connectivity index (χ0v) is 12.7. The number of benzene rings is 1. The van der Waals surface area contributed by atoms with Crippen LogP contribution in [0.25, 0.3) is 10.9 Å². The van der Waals surface area contributed by atoms with E-state index in [1.165, 1.54) is 11.1 Å². The Morgan fingerprint density at radius 2 is 2.00 bits per heavy atom. The van der Waals surface area contributed by atoms with Crippen LogP contribution < -0.4 is 10.6 Å². The lowest BCUT2D eigenvalue weighted by atomic mass is 9.95. The topological polar surface area (TPSA) is 42.1 Å². The van der Waals surface area contributed by atoms with Gasteiger partial charge in [-0.3, -0.25) is 4.98 Å². The molecule has 0 bridgehead atoms. The first-order chi connectivity index (χ1) is 9.78. The van der Waals surface area contributed by atoms with Gasteiger partial charge in [0.1, 0.15) is 0 Å². The average molecular weight is 287 g/mol. The molecule has 3 rings (SSSR count). The molecule has 0 atom stereocenters. The summed E-state index contributed by atoms with van der Waals surface area (Å²) in [6.07, 6.45) is 6.41. The van der Waals surface area contributed by atoms with Crippen LogP contribution in [0, 0.1) is 0 Å². The number of fused-ring (bicyclic) bond motifs is 1. The summed E-state index contributed by atoms with van der Waals surface area (Å²) in [7, 11) is 0. The maximum absolute atomic E-state index is 5.97. The second-order valence-electron chi connectivity index (χ2n) is 5.43. The summed E-state index contributed by atoms with van der Waals surface area (Å²) < 4.78 is 0.277. The van der Waals surface area contributed by atoms with Gasteiger partial charge in [0.2, 0.25) is 0 Å². The molecule has 1 aliphatic heterocycles. The van der Waals surface area contributed by atoms with Crippen molar-refractivity contribution in [2.45, 2.75) is 17.6 Å². The number of hydrogen-bond donors (Lipinski definition) is 1. The molecule has 2 heterocycles. The summed E-state index contributed by atoms with van der Waals surface area (Å²) in [6.45, 7) is 2.93. The van der Waals surface area contributed by atoms with Crippen LogP contribution in [-0.2, 0) is 0 Å². The maximum Gasteiger partial charge on any atom is 0.0722 e. The van der Waals surface area contributed by atoms with Crippen molar-refractivity contribution >= 4 is 28.4 Å². The third-order valence-corrected chi connectivity index (χ3v) is 5.89. The number of para-hydroxylation sites is 1. The fraction of sp³-hybridized carbons (Fsp3) is 0.438. The minimum Gasteiger partial charge on any atom is -0.371 e. The number of anilines is 1. The van der Waals surface area contributed by atoms with Crippen molar-refractivity contribution in [2.24, 2.45) is 5.73 Å². The number of piperidine rings is 1. The average Bonchev–Trinajstić information content (AvgIpc) is 2.54. The molecule has 0 amide bonds. The lowest BCUT2D eigenvalue weighted by molar-refractivity contribution is 0.457. The van der Waals surface area contributed by atoms with Gasteiger partial charge >= 0.3 is 0 Å². The highest BCUT2D eigenvalue weighted by Gasteiger charge is 2.32. The Bertz CT molecular complexity index is 580. The van der Waals surface area contributed by atoms with E-state index in [9.17, 15) is 0 Å². The molecule has 106 valence electrons. The van der Waals surface area contributed by atoms with Gasteiger partial charge in [-0.1, -0.05) is 18.2 Å². The number of nitrogens with two attached hydrogens (primary N) is 1. The quantitative estimate of drug-likeness (QED) is 0.942. The van der Waals surface area contributed by atoms with Gasteiger partial charge in [0.15, 0.2) is 0 Å². The molecule has 0 aliphatic carbocycles. The molecule has 2 N–H and O–H groups in total. The van der Waals surface area contributed by atoms with E-state index in [4.69, 9.17) is 5.73 Å². The first-order valence-corrected chi connectivity index (χ1v) is 8.34. The number of rotatable bonds is 3. The van der Waals surface area contributed by atoms with E-state index in [1.54, 1.807) is 0 Å². The van der Waals surface area contributed by atoms with Gasteiger partial charge in [-0.25, -0.2) is 0 Å². The number of aromatic nitrogens is 1. The Morgan fingerprint density at radius 1 is 1.25 bits per heavy atom. The van der Waals surface area contributed by atoms with Crippen molar-refractivity contribution < 1.29 is 0 Å². The molecular weight excluding hydrogens is 266 g/mol. The molecule has 0 spiro atoms. The van der Waals surface area contributed by atoms with Crippen molar-refractivity contribution in [3.05, 3.63) is 36.5 Å². The van der Waals surface area contributed by atoms with Gasteiger partial charge in [0, 0.05) is 41.7 Å². The summed E-state index contributed by atoms with van der Waals surface area (Å²) in [5.41, 5.74) is 8.36. The first-order valence-electron chi connectivity index (χ1n) is 7.12. The van der Waals surface area contributed by atoms with Crippen molar-refractivity contribution in [2.75, 3.05) is 30.8 Å². The second kappa shape index (κ2) is 5.62. The molecule has 1 saturated heterocycles. The summed E-state index contributed by atoms with van der Waals surface area (Å²) in [6, 6.07) is 10.5. The highest BCUT2D eigenvalue weighted by atomic mass is 32.2. The van der Waals surface area contributed by atoms with Gasteiger partial charge in [-0.05, 0) is 31.2 Å². The highest BCUT2D eigenvalue weighted by molar-refractivity contribution is 8.00. The second-order valence-corrected chi connectivity index (χ2v) is 6.70. The predicted molar refractivity (Wildman–Crippen MR) is 88.5 cm³/mol. The van der Waals surface area contributed by atoms with Crippen LogP contribution in [-0.4, -0.2) is 35.6 Å². The van der Waals surface area contributed by atoms with Gasteiger partial charge in [0.25, 0.3) is 0 Å². The molecule has 0 saturated carbocycles. The molecule has 1 aromatic carbocycles. The van der Waals surface area contributed by atoms with Gasteiger partial charge < -0.3 is 10.6 Å². The van der Waals surface area contributed by atoms with E-state index < -0.39 is 0 Å². The fourth-order valence-electron chi connectivity index (χ4n) is 3.00. The smallest absolute Gasteiger partial charge is 0.0722 e. The highest BCUT2D eigenvalue weighted by Crippen LogP contribution is 2.36. The zero-order valence-electron chi connectivity index (χ0n) is 11.9. The van der Waals surface area contributed by atoms with Crippen LogP contribution in [0.4, 0.5) is 5.69 Å². The van der Waals surface area contributed by atoms with Crippen molar-refractivity contribution in [3.63, 3.8) is 0 Å². The summed E-state index contributed by atoms with van der Waals surface area (Å²) in [5, 5.41) is 1.25. The normalized spacial score (nSPS) is 18.4. The summed E-state index contributed by atoms with van der Waals surface area (Å²) >= 11 is 1.93. The van der Waals surface area contributed by atoms with E-state index in [0.29, 0.717) is 0 Å². The predicted octanol–water partition coefficient (Wildman–Crippen LogP) is 2.90. The lowest BCUT2D eigenvalue weighted by Crippen LogP contribution is -2.46. The van der Waals surface area contributed by atoms with Crippen LogP contribution in [0.2, 0.25) is 0 Å². The molecule has 2 aromatic rings. The van der Waals surface area contributed by atoms with E-state index in [-0.39, 0.29) is 4.75 Å². The molecule has 3 nitrogen and oxygen atoms in total. The van der Waals surface area contributed by atoms with Crippen LogP contribution in [0.3, 0.4) is 0 Å². The third-order valence-electron chi connectivity index (χ3n) is 4.45. The van der Waals surface area contributed by atoms with E-state index in [1.807, 2.05) is 24.0 Å². The van der Waals surface area contributed by atoms with Gasteiger partial charge in [0.05, 0.1) is 5.52 Å². The molecule has 1 aliphatic rings. The first kappa shape index (κ1) is 13.7. The Balaban J connectivity index is 1.87. The maximum atomic E-state index is 5.97. The number of pyridine rings is 1. The van der Waals surface area contributed by atoms with Gasteiger partial charge in [-0.2, -0.15) is 11.8 Å². The standard InChI is InChI=1S/C16H21N3S/c1-20-16(12-17)7-10-19(11-8-16)15-6-9-18-14-5-3-2-4-13(14)15/h2-6,9H,7-8,10-12,17H2,1H3.